The fourth-order valence-corrected chi connectivity index (χ4v) is 4.94. The summed E-state index contributed by atoms with van der Waals surface area (Å²) in [4.78, 5) is 30.7. The van der Waals surface area contributed by atoms with Gasteiger partial charge in [-0.3, -0.25) is 9.69 Å². The fourth-order valence-electron chi connectivity index (χ4n) is 4.70. The maximum atomic E-state index is 13.8. The first-order valence-corrected chi connectivity index (χ1v) is 13.4. The summed E-state index contributed by atoms with van der Waals surface area (Å²) in [6.45, 7) is 7.73. The van der Waals surface area contributed by atoms with Crippen LogP contribution in [0.1, 0.15) is 37.4 Å². The number of carbonyl (C=O) groups is 2. The Kier molecular flexibility index (Phi) is 9.60. The van der Waals surface area contributed by atoms with Gasteiger partial charge in [0.2, 0.25) is 0 Å². The number of hydrogen-bond donors (Lipinski definition) is 1. The number of morpholine rings is 1. The van der Waals surface area contributed by atoms with Gasteiger partial charge in [0, 0.05) is 54.8 Å². The van der Waals surface area contributed by atoms with Gasteiger partial charge in [-0.2, -0.15) is 5.10 Å². The summed E-state index contributed by atoms with van der Waals surface area (Å²) in [7, 11) is 1.61. The third-order valence-electron chi connectivity index (χ3n) is 6.66. The summed E-state index contributed by atoms with van der Waals surface area (Å²) >= 11 is 6.49. The highest BCUT2D eigenvalue weighted by atomic mass is 35.5. The van der Waals surface area contributed by atoms with Crippen molar-refractivity contribution in [3.8, 4) is 5.75 Å². The van der Waals surface area contributed by atoms with E-state index in [2.05, 4.69) is 10.2 Å². The van der Waals surface area contributed by atoms with Crippen molar-refractivity contribution in [1.82, 2.24) is 20.1 Å². The van der Waals surface area contributed by atoms with Crippen LogP contribution in [-0.4, -0.2) is 91.5 Å². The number of para-hydroxylation sites is 1. The molecule has 2 aliphatic heterocycles. The number of carbonyl (C=O) groups excluding carboxylic acids is 2. The molecule has 1 N–H and O–H groups in total. The van der Waals surface area contributed by atoms with E-state index >= 15 is 0 Å². The minimum Gasteiger partial charge on any atom is -0.496 e. The molecule has 38 heavy (non-hydrogen) atoms. The van der Waals surface area contributed by atoms with Gasteiger partial charge in [0.15, 0.2) is 0 Å². The smallest absolute Gasteiger partial charge is 0.318 e. The maximum Gasteiger partial charge on any atom is 0.318 e. The van der Waals surface area contributed by atoms with Crippen molar-refractivity contribution in [2.75, 3.05) is 53.0 Å². The molecule has 3 amide bonds. The Hall–Kier alpha value is -3.14. The number of amides is 3. The van der Waals surface area contributed by atoms with Crippen LogP contribution in [0, 0.1) is 0 Å². The number of ether oxygens (including phenoxy) is 2. The Morgan fingerprint density at radius 1 is 1.16 bits per heavy atom. The molecule has 0 bridgehead atoms. The monoisotopic (exact) mass is 541 g/mol. The molecule has 2 aliphatic rings. The molecule has 1 atom stereocenters. The molecule has 2 aromatic rings. The predicted octanol–water partition coefficient (Wildman–Crippen LogP) is 3.78. The van der Waals surface area contributed by atoms with E-state index in [4.69, 9.17) is 26.2 Å². The van der Waals surface area contributed by atoms with Crippen molar-refractivity contribution >= 4 is 29.3 Å². The second-order valence-electron chi connectivity index (χ2n) is 9.71. The Morgan fingerprint density at radius 3 is 2.58 bits per heavy atom. The standard InChI is InChI=1S/C28H36ClN5O4/c1-20(2)30-28(36)33(13-12-32-14-16-38-17-15-32)19-27(35)34-25(22-9-5-7-11-26(22)37-3)18-24(31-34)21-8-4-6-10-23(21)29/h4-11,20,25H,12-19H2,1-3H3,(H,30,36). The lowest BCUT2D eigenvalue weighted by molar-refractivity contribution is -0.133. The van der Waals surface area contributed by atoms with E-state index in [-0.39, 0.29) is 30.6 Å². The second-order valence-corrected chi connectivity index (χ2v) is 10.1. The lowest BCUT2D eigenvalue weighted by Crippen LogP contribution is -2.50. The minimum absolute atomic E-state index is 0.0542. The molecule has 4 rings (SSSR count). The zero-order valence-corrected chi connectivity index (χ0v) is 23.0. The average molecular weight is 542 g/mol. The quantitative estimate of drug-likeness (QED) is 0.522. The summed E-state index contributed by atoms with van der Waals surface area (Å²) in [5.41, 5.74) is 2.35. The molecular formula is C28H36ClN5O4. The Labute approximate surface area is 229 Å². The van der Waals surface area contributed by atoms with Gasteiger partial charge in [-0.1, -0.05) is 48.0 Å². The number of nitrogens with zero attached hydrogens (tertiary/aromatic N) is 4. The molecule has 10 heteroatoms. The number of hydrogen-bond acceptors (Lipinski definition) is 6. The molecule has 0 radical (unpaired) electrons. The zero-order valence-electron chi connectivity index (χ0n) is 22.2. The summed E-state index contributed by atoms with van der Waals surface area (Å²) in [5, 5.41) is 9.74. The average Bonchev–Trinajstić information content (AvgIpc) is 3.36. The summed E-state index contributed by atoms with van der Waals surface area (Å²) in [6.07, 6.45) is 0.474. The number of urea groups is 1. The van der Waals surface area contributed by atoms with Crippen molar-refractivity contribution in [3.63, 3.8) is 0 Å². The largest absolute Gasteiger partial charge is 0.496 e. The zero-order chi connectivity index (χ0) is 27.1. The van der Waals surface area contributed by atoms with E-state index in [0.717, 1.165) is 24.2 Å². The van der Waals surface area contributed by atoms with Gasteiger partial charge in [0.05, 0.1) is 32.1 Å². The molecule has 9 nitrogen and oxygen atoms in total. The summed E-state index contributed by atoms with van der Waals surface area (Å²) < 4.78 is 11.1. The number of nitrogens with one attached hydrogen (secondary N) is 1. The normalized spacial score (nSPS) is 17.9. The van der Waals surface area contributed by atoms with Crippen LogP contribution in [0.5, 0.6) is 5.75 Å². The first-order chi connectivity index (χ1) is 18.4. The number of rotatable bonds is 9. The highest BCUT2D eigenvalue weighted by molar-refractivity contribution is 6.34. The Balaban J connectivity index is 1.60. The lowest BCUT2D eigenvalue weighted by Gasteiger charge is -2.31. The SMILES string of the molecule is COc1ccccc1C1CC(c2ccccc2Cl)=NN1C(=O)CN(CCN1CCOCC1)C(=O)NC(C)C. The highest BCUT2D eigenvalue weighted by Gasteiger charge is 2.36. The van der Waals surface area contributed by atoms with Crippen LogP contribution in [0.15, 0.2) is 53.6 Å². The molecule has 0 saturated carbocycles. The lowest BCUT2D eigenvalue weighted by atomic mass is 9.97. The van der Waals surface area contributed by atoms with Crippen molar-refractivity contribution < 1.29 is 19.1 Å². The van der Waals surface area contributed by atoms with E-state index in [0.29, 0.717) is 49.2 Å². The molecule has 0 aliphatic carbocycles. The Bertz CT molecular complexity index is 1150. The molecule has 0 aromatic heterocycles. The molecule has 1 unspecified atom stereocenters. The fraction of sp³-hybridized carbons (Fsp3) is 0.464. The van der Waals surface area contributed by atoms with Crippen LogP contribution >= 0.6 is 11.6 Å². The van der Waals surface area contributed by atoms with Crippen molar-refractivity contribution in [3.05, 3.63) is 64.7 Å². The van der Waals surface area contributed by atoms with E-state index < -0.39 is 0 Å². The van der Waals surface area contributed by atoms with E-state index in [1.54, 1.807) is 12.0 Å². The van der Waals surface area contributed by atoms with Gasteiger partial charge in [-0.25, -0.2) is 9.80 Å². The minimum atomic E-state index is -0.390. The molecule has 204 valence electrons. The van der Waals surface area contributed by atoms with Crippen LogP contribution in [0.2, 0.25) is 5.02 Å². The third-order valence-corrected chi connectivity index (χ3v) is 6.99. The van der Waals surface area contributed by atoms with Gasteiger partial charge in [0.25, 0.3) is 5.91 Å². The molecule has 2 aromatic carbocycles. The highest BCUT2D eigenvalue weighted by Crippen LogP contribution is 2.38. The van der Waals surface area contributed by atoms with Crippen molar-refractivity contribution in [2.24, 2.45) is 5.10 Å². The molecule has 1 fully saturated rings. The molecule has 2 heterocycles. The third kappa shape index (κ3) is 6.83. The number of methoxy groups -OCH3 is 1. The maximum absolute atomic E-state index is 13.8. The van der Waals surface area contributed by atoms with Crippen LogP contribution in [-0.2, 0) is 9.53 Å². The number of hydrazone groups is 1. The molecule has 1 saturated heterocycles. The topological polar surface area (TPSA) is 86.7 Å². The predicted molar refractivity (Wildman–Crippen MR) is 148 cm³/mol. The first kappa shape index (κ1) is 27.9. The van der Waals surface area contributed by atoms with E-state index in [1.807, 2.05) is 62.4 Å². The van der Waals surface area contributed by atoms with Crippen LogP contribution in [0.4, 0.5) is 4.79 Å². The van der Waals surface area contributed by atoms with E-state index in [1.165, 1.54) is 5.01 Å². The van der Waals surface area contributed by atoms with Crippen LogP contribution in [0.25, 0.3) is 0 Å². The molecule has 0 spiro atoms. The van der Waals surface area contributed by atoms with Crippen LogP contribution < -0.4 is 10.1 Å². The van der Waals surface area contributed by atoms with Crippen LogP contribution in [0.3, 0.4) is 0 Å². The number of benzene rings is 2. The van der Waals surface area contributed by atoms with Crippen molar-refractivity contribution in [2.45, 2.75) is 32.4 Å². The van der Waals surface area contributed by atoms with Gasteiger partial charge in [-0.05, 0) is 26.0 Å². The van der Waals surface area contributed by atoms with Gasteiger partial charge in [0.1, 0.15) is 12.3 Å². The summed E-state index contributed by atoms with van der Waals surface area (Å²) in [5.74, 6) is 0.400. The molecular weight excluding hydrogens is 506 g/mol. The first-order valence-electron chi connectivity index (χ1n) is 13.0. The van der Waals surface area contributed by atoms with Crippen molar-refractivity contribution in [1.29, 1.82) is 0 Å². The Morgan fingerprint density at radius 2 is 1.87 bits per heavy atom. The van der Waals surface area contributed by atoms with Gasteiger partial charge < -0.3 is 19.7 Å². The summed E-state index contributed by atoms with van der Waals surface area (Å²) in [6, 6.07) is 14.4. The van der Waals surface area contributed by atoms with Gasteiger partial charge >= 0.3 is 6.03 Å². The van der Waals surface area contributed by atoms with E-state index in [9.17, 15) is 9.59 Å². The number of halogens is 1. The van der Waals surface area contributed by atoms with Gasteiger partial charge in [-0.15, -0.1) is 0 Å². The second kappa shape index (κ2) is 13.1.